The highest BCUT2D eigenvalue weighted by Crippen LogP contribution is 2.47. The number of ketones is 2. The number of dihydropyridines is 1. The number of carbonyl (C=O) groups is 2. The monoisotopic (exact) mass is 487 g/mol. The molecule has 0 spiro atoms. The summed E-state index contributed by atoms with van der Waals surface area (Å²) < 4.78 is 25.6. The average molecular weight is 488 g/mol. The van der Waals surface area contributed by atoms with Gasteiger partial charge in [0.15, 0.2) is 23.1 Å². The second kappa shape index (κ2) is 10.1. The number of ether oxygens (including phenoxy) is 2. The first-order valence-corrected chi connectivity index (χ1v) is 12.5. The van der Waals surface area contributed by atoms with Crippen LogP contribution in [0.1, 0.15) is 61.1 Å². The highest BCUT2D eigenvalue weighted by molar-refractivity contribution is 6.06. The van der Waals surface area contributed by atoms with E-state index in [-0.39, 0.29) is 24.0 Å². The van der Waals surface area contributed by atoms with Gasteiger partial charge in [-0.15, -0.1) is 6.58 Å². The Bertz CT molecular complexity index is 1260. The molecular formula is C30H30FNO4. The van der Waals surface area contributed by atoms with Crippen molar-refractivity contribution in [3.05, 3.63) is 94.1 Å². The molecule has 6 heteroatoms. The van der Waals surface area contributed by atoms with Gasteiger partial charge in [-0.3, -0.25) is 9.59 Å². The van der Waals surface area contributed by atoms with Gasteiger partial charge >= 0.3 is 0 Å². The smallest absolute Gasteiger partial charge is 0.165 e. The van der Waals surface area contributed by atoms with E-state index in [4.69, 9.17) is 9.47 Å². The van der Waals surface area contributed by atoms with Crippen molar-refractivity contribution < 1.29 is 23.5 Å². The minimum atomic E-state index is -0.424. The molecule has 0 aromatic heterocycles. The number of carbonyl (C=O) groups excluding carboxylic acids is 2. The van der Waals surface area contributed by atoms with E-state index in [1.807, 2.05) is 12.1 Å². The highest BCUT2D eigenvalue weighted by atomic mass is 19.1. The van der Waals surface area contributed by atoms with Crippen molar-refractivity contribution in [1.29, 1.82) is 0 Å². The summed E-state index contributed by atoms with van der Waals surface area (Å²) in [7, 11) is 1.57. The third-order valence-corrected chi connectivity index (χ3v) is 7.14. The standard InChI is InChI=1S/C30H30FNO4/c1-3-7-19-15-20(16-26(35-2)30(19)36-17-18-8-4-9-21(31)14-18)27-28-22(10-5-12-24(28)33)32-23-11-6-13-25(34)29(23)27/h3-4,8-9,14-16,27,32H,1,5-7,10-13,17H2,2H3. The van der Waals surface area contributed by atoms with Gasteiger partial charge in [-0.1, -0.05) is 24.3 Å². The summed E-state index contributed by atoms with van der Waals surface area (Å²) in [5, 5.41) is 3.46. The number of rotatable bonds is 7. The number of halogens is 1. The van der Waals surface area contributed by atoms with Gasteiger partial charge in [0, 0.05) is 46.9 Å². The average Bonchev–Trinajstić information content (AvgIpc) is 2.87. The van der Waals surface area contributed by atoms with Crippen molar-refractivity contribution in [3.8, 4) is 11.5 Å². The zero-order valence-electron chi connectivity index (χ0n) is 20.5. The van der Waals surface area contributed by atoms with Crippen molar-refractivity contribution in [3.63, 3.8) is 0 Å². The third-order valence-electron chi connectivity index (χ3n) is 7.14. The Morgan fingerprint density at radius 1 is 1.03 bits per heavy atom. The summed E-state index contributed by atoms with van der Waals surface area (Å²) in [6.07, 6.45) is 6.48. The van der Waals surface area contributed by atoms with Gasteiger partial charge in [-0.05, 0) is 61.4 Å². The lowest BCUT2D eigenvalue weighted by atomic mass is 9.71. The van der Waals surface area contributed by atoms with Crippen molar-refractivity contribution >= 4 is 11.6 Å². The molecule has 0 fully saturated rings. The molecule has 0 saturated heterocycles. The van der Waals surface area contributed by atoms with E-state index in [9.17, 15) is 14.0 Å². The molecule has 5 rings (SSSR count). The molecule has 0 saturated carbocycles. The number of benzene rings is 2. The minimum Gasteiger partial charge on any atom is -0.493 e. The summed E-state index contributed by atoms with van der Waals surface area (Å²) in [6.45, 7) is 4.07. The molecule has 1 N–H and O–H groups in total. The van der Waals surface area contributed by atoms with Crippen LogP contribution in [0.4, 0.5) is 4.39 Å². The molecule has 186 valence electrons. The molecular weight excluding hydrogens is 457 g/mol. The van der Waals surface area contributed by atoms with Crippen LogP contribution in [0.25, 0.3) is 0 Å². The molecule has 0 amide bonds. The van der Waals surface area contributed by atoms with Crippen LogP contribution in [0, 0.1) is 5.82 Å². The van der Waals surface area contributed by atoms with E-state index in [2.05, 4.69) is 11.9 Å². The molecule has 1 heterocycles. The lowest BCUT2D eigenvalue weighted by Crippen LogP contribution is -2.36. The number of allylic oxidation sites excluding steroid dienone is 5. The zero-order valence-corrected chi connectivity index (χ0v) is 20.5. The van der Waals surface area contributed by atoms with E-state index in [1.54, 1.807) is 25.3 Å². The van der Waals surface area contributed by atoms with Crippen molar-refractivity contribution in [2.24, 2.45) is 0 Å². The van der Waals surface area contributed by atoms with E-state index >= 15 is 0 Å². The Labute approximate surface area is 210 Å². The summed E-state index contributed by atoms with van der Waals surface area (Å²) in [5.41, 5.74) is 5.68. The molecule has 0 radical (unpaired) electrons. The van der Waals surface area contributed by atoms with Gasteiger partial charge in [0.25, 0.3) is 0 Å². The molecule has 0 unspecified atom stereocenters. The van der Waals surface area contributed by atoms with Crippen LogP contribution in [0.2, 0.25) is 0 Å². The van der Waals surface area contributed by atoms with Crippen molar-refractivity contribution in [1.82, 2.24) is 5.32 Å². The third kappa shape index (κ3) is 4.48. The molecule has 2 aromatic carbocycles. The Kier molecular flexibility index (Phi) is 6.77. The van der Waals surface area contributed by atoms with Crippen molar-refractivity contribution in [2.75, 3.05) is 7.11 Å². The predicted molar refractivity (Wildman–Crippen MR) is 135 cm³/mol. The molecule has 1 aliphatic heterocycles. The normalized spacial score (nSPS) is 17.9. The Hall–Kier alpha value is -3.67. The number of Topliss-reactive ketones (excluding diaryl/α,β-unsaturated/α-hetero) is 2. The molecule has 0 bridgehead atoms. The second-order valence-electron chi connectivity index (χ2n) is 9.52. The molecule has 0 atom stereocenters. The van der Waals surface area contributed by atoms with E-state index < -0.39 is 5.92 Å². The summed E-state index contributed by atoms with van der Waals surface area (Å²) in [4.78, 5) is 26.4. The highest BCUT2D eigenvalue weighted by Gasteiger charge is 2.40. The first kappa shape index (κ1) is 24.0. The van der Waals surface area contributed by atoms with Crippen LogP contribution >= 0.6 is 0 Å². The van der Waals surface area contributed by atoms with Crippen LogP contribution in [0.3, 0.4) is 0 Å². The second-order valence-corrected chi connectivity index (χ2v) is 9.52. The number of nitrogens with one attached hydrogen (secondary N) is 1. The van der Waals surface area contributed by atoms with Crippen LogP contribution in [0.5, 0.6) is 11.5 Å². The van der Waals surface area contributed by atoms with E-state index in [0.29, 0.717) is 47.5 Å². The fraction of sp³-hybridized carbons (Fsp3) is 0.333. The maximum absolute atomic E-state index is 13.7. The fourth-order valence-corrected chi connectivity index (χ4v) is 5.57. The van der Waals surface area contributed by atoms with Crippen LogP contribution in [-0.4, -0.2) is 18.7 Å². The zero-order chi connectivity index (χ0) is 25.2. The van der Waals surface area contributed by atoms with Gasteiger partial charge in [0.05, 0.1) is 7.11 Å². The Morgan fingerprint density at radius 3 is 2.33 bits per heavy atom. The molecule has 2 aromatic rings. The number of hydrogen-bond acceptors (Lipinski definition) is 5. The topological polar surface area (TPSA) is 64.6 Å². The summed E-state index contributed by atoms with van der Waals surface area (Å²) in [6, 6.07) is 10.2. The number of methoxy groups -OCH3 is 1. The van der Waals surface area contributed by atoms with Gasteiger partial charge in [-0.25, -0.2) is 4.39 Å². The molecule has 36 heavy (non-hydrogen) atoms. The lowest BCUT2D eigenvalue weighted by Gasteiger charge is -2.37. The predicted octanol–water partition coefficient (Wildman–Crippen LogP) is 5.84. The first-order valence-electron chi connectivity index (χ1n) is 12.5. The quantitative estimate of drug-likeness (QED) is 0.497. The lowest BCUT2D eigenvalue weighted by molar-refractivity contribution is -0.117. The van der Waals surface area contributed by atoms with E-state index in [0.717, 1.165) is 48.2 Å². The van der Waals surface area contributed by atoms with Gasteiger partial charge in [0.1, 0.15) is 12.4 Å². The summed E-state index contributed by atoms with van der Waals surface area (Å²) >= 11 is 0. The van der Waals surface area contributed by atoms with Crippen molar-refractivity contribution in [2.45, 2.75) is 57.5 Å². The fourth-order valence-electron chi connectivity index (χ4n) is 5.57. The largest absolute Gasteiger partial charge is 0.493 e. The summed E-state index contributed by atoms with van der Waals surface area (Å²) in [5.74, 6) is 0.496. The van der Waals surface area contributed by atoms with Crippen LogP contribution < -0.4 is 14.8 Å². The van der Waals surface area contributed by atoms with Crippen LogP contribution in [-0.2, 0) is 22.6 Å². The minimum absolute atomic E-state index is 0.0920. The number of hydrogen-bond donors (Lipinski definition) is 1. The van der Waals surface area contributed by atoms with Crippen LogP contribution in [0.15, 0.2) is 71.6 Å². The first-order chi connectivity index (χ1) is 17.5. The maximum Gasteiger partial charge on any atom is 0.165 e. The SMILES string of the molecule is C=CCc1cc(C2C3=C(CCCC3=O)NC3=C2C(=O)CCC3)cc(OC)c1OCc1cccc(F)c1. The van der Waals surface area contributed by atoms with Gasteiger partial charge in [-0.2, -0.15) is 0 Å². The molecule has 5 nitrogen and oxygen atoms in total. The maximum atomic E-state index is 13.7. The molecule has 3 aliphatic rings. The van der Waals surface area contributed by atoms with E-state index in [1.165, 1.54) is 12.1 Å². The van der Waals surface area contributed by atoms with Gasteiger partial charge < -0.3 is 14.8 Å². The Morgan fingerprint density at radius 2 is 1.72 bits per heavy atom. The van der Waals surface area contributed by atoms with Gasteiger partial charge in [0.2, 0.25) is 0 Å². The molecule has 2 aliphatic carbocycles. The Balaban J connectivity index is 1.61.